The molecule has 0 amide bonds. The molecular weight excluding hydrogens is 271 g/mol. The Balaban J connectivity index is 2.13. The summed E-state index contributed by atoms with van der Waals surface area (Å²) in [5.41, 5.74) is 6.73. The van der Waals surface area contributed by atoms with E-state index in [0.29, 0.717) is 12.2 Å². The van der Waals surface area contributed by atoms with E-state index in [1.54, 1.807) is 6.07 Å². The van der Waals surface area contributed by atoms with Crippen LogP contribution in [-0.4, -0.2) is 20.8 Å². The molecule has 1 heterocycles. The Hall–Kier alpha value is -1.95. The second kappa shape index (κ2) is 6.67. The minimum Gasteiger partial charge on any atom is -0.485 e. The molecular formula is C15H21FN4O. The lowest BCUT2D eigenvalue weighted by atomic mass is 10.0. The summed E-state index contributed by atoms with van der Waals surface area (Å²) in [4.78, 5) is 0. The van der Waals surface area contributed by atoms with E-state index in [1.165, 1.54) is 12.1 Å². The first-order valence-corrected chi connectivity index (χ1v) is 7.03. The zero-order valence-electron chi connectivity index (χ0n) is 12.6. The fraction of sp³-hybridized carbons (Fsp3) is 0.467. The molecule has 2 N–H and O–H groups in total. The van der Waals surface area contributed by atoms with E-state index in [9.17, 15) is 4.39 Å². The molecule has 2 rings (SSSR count). The van der Waals surface area contributed by atoms with E-state index in [4.69, 9.17) is 10.5 Å². The van der Waals surface area contributed by atoms with Crippen molar-refractivity contribution in [2.24, 2.45) is 12.8 Å². The molecule has 0 saturated carbocycles. The van der Waals surface area contributed by atoms with Gasteiger partial charge in [0.05, 0.1) is 0 Å². The fourth-order valence-electron chi connectivity index (χ4n) is 1.99. The van der Waals surface area contributed by atoms with E-state index in [1.807, 2.05) is 25.5 Å². The average Bonchev–Trinajstić information content (AvgIpc) is 2.78. The maximum Gasteiger partial charge on any atom is 0.170 e. The van der Waals surface area contributed by atoms with Gasteiger partial charge in [-0.3, -0.25) is 0 Å². The van der Waals surface area contributed by atoms with Gasteiger partial charge in [-0.1, -0.05) is 6.92 Å². The van der Waals surface area contributed by atoms with Crippen LogP contribution in [0, 0.1) is 12.7 Å². The van der Waals surface area contributed by atoms with Crippen LogP contribution in [0.5, 0.6) is 5.75 Å². The fourth-order valence-corrected chi connectivity index (χ4v) is 1.99. The maximum absolute atomic E-state index is 13.4. The summed E-state index contributed by atoms with van der Waals surface area (Å²) in [5, 5.41) is 8.02. The van der Waals surface area contributed by atoms with E-state index in [2.05, 4.69) is 10.2 Å². The van der Waals surface area contributed by atoms with E-state index in [-0.39, 0.29) is 18.5 Å². The first kappa shape index (κ1) is 15.4. The van der Waals surface area contributed by atoms with Gasteiger partial charge >= 0.3 is 0 Å². The Morgan fingerprint density at radius 3 is 2.76 bits per heavy atom. The third kappa shape index (κ3) is 3.78. The quantitative estimate of drug-likeness (QED) is 0.885. The van der Waals surface area contributed by atoms with Crippen LogP contribution < -0.4 is 10.5 Å². The summed E-state index contributed by atoms with van der Waals surface area (Å²) < 4.78 is 21.0. The molecule has 0 spiro atoms. The van der Waals surface area contributed by atoms with Crippen molar-refractivity contribution < 1.29 is 9.13 Å². The molecule has 0 saturated heterocycles. The third-order valence-corrected chi connectivity index (χ3v) is 3.57. The number of nitrogens with zero attached hydrogens (tertiary/aromatic N) is 3. The summed E-state index contributed by atoms with van der Waals surface area (Å²) in [6.07, 6.45) is 1.42. The molecule has 21 heavy (non-hydrogen) atoms. The van der Waals surface area contributed by atoms with Crippen molar-refractivity contribution in [3.8, 4) is 5.75 Å². The van der Waals surface area contributed by atoms with Gasteiger partial charge < -0.3 is 15.0 Å². The highest BCUT2D eigenvalue weighted by Crippen LogP contribution is 2.22. The predicted octanol–water partition coefficient (Wildman–Crippen LogP) is 2.12. The van der Waals surface area contributed by atoms with Gasteiger partial charge in [-0.25, -0.2) is 4.39 Å². The zero-order chi connectivity index (χ0) is 15.4. The van der Waals surface area contributed by atoms with Crippen molar-refractivity contribution in [1.82, 2.24) is 14.8 Å². The van der Waals surface area contributed by atoms with Crippen molar-refractivity contribution in [3.63, 3.8) is 0 Å². The van der Waals surface area contributed by atoms with Gasteiger partial charge in [0.25, 0.3) is 0 Å². The van der Waals surface area contributed by atoms with Crippen LogP contribution in [0.3, 0.4) is 0 Å². The van der Waals surface area contributed by atoms with Gasteiger partial charge in [0.2, 0.25) is 0 Å². The molecule has 1 aromatic heterocycles. The lowest BCUT2D eigenvalue weighted by Crippen LogP contribution is -2.22. The Morgan fingerprint density at radius 2 is 2.14 bits per heavy atom. The molecule has 0 bridgehead atoms. The van der Waals surface area contributed by atoms with Crippen molar-refractivity contribution in [2.75, 3.05) is 0 Å². The summed E-state index contributed by atoms with van der Waals surface area (Å²) in [6, 6.07) is 4.49. The molecule has 0 aliphatic rings. The lowest BCUT2D eigenvalue weighted by Gasteiger charge is -2.14. The topological polar surface area (TPSA) is 66.0 Å². The number of aromatic nitrogens is 3. The van der Waals surface area contributed by atoms with Crippen LogP contribution in [-0.2, 0) is 20.1 Å². The SMILES string of the molecule is CCC(N)Cc1cc(F)ccc1OCc1nnc(C)n1C. The maximum atomic E-state index is 13.4. The Kier molecular flexibility index (Phi) is 4.90. The van der Waals surface area contributed by atoms with Crippen LogP contribution >= 0.6 is 0 Å². The number of halogens is 1. The minimum absolute atomic E-state index is 0.00813. The molecule has 1 atom stereocenters. The van der Waals surface area contributed by atoms with E-state index < -0.39 is 0 Å². The highest BCUT2D eigenvalue weighted by Gasteiger charge is 2.11. The van der Waals surface area contributed by atoms with Gasteiger partial charge in [0.15, 0.2) is 5.82 Å². The summed E-state index contributed by atoms with van der Waals surface area (Å²) in [7, 11) is 1.88. The Labute approximate surface area is 123 Å². The highest BCUT2D eigenvalue weighted by atomic mass is 19.1. The van der Waals surface area contributed by atoms with Crippen LogP contribution in [0.2, 0.25) is 0 Å². The predicted molar refractivity (Wildman–Crippen MR) is 78.4 cm³/mol. The number of nitrogens with two attached hydrogens (primary N) is 1. The lowest BCUT2D eigenvalue weighted by molar-refractivity contribution is 0.287. The van der Waals surface area contributed by atoms with Crippen molar-refractivity contribution in [3.05, 3.63) is 41.2 Å². The van der Waals surface area contributed by atoms with Crippen molar-refractivity contribution in [2.45, 2.75) is 39.3 Å². The molecule has 0 aliphatic heterocycles. The van der Waals surface area contributed by atoms with Gasteiger partial charge in [-0.05, 0) is 43.5 Å². The molecule has 0 fully saturated rings. The average molecular weight is 292 g/mol. The number of hydrogen-bond donors (Lipinski definition) is 1. The van der Waals surface area contributed by atoms with Crippen molar-refractivity contribution in [1.29, 1.82) is 0 Å². The second-order valence-corrected chi connectivity index (χ2v) is 5.14. The summed E-state index contributed by atoms with van der Waals surface area (Å²) in [5.74, 6) is 1.90. The number of rotatable bonds is 6. The standard InChI is InChI=1S/C15H21FN4O/c1-4-13(17)8-11-7-12(16)5-6-14(11)21-9-15-19-18-10(2)20(15)3/h5-7,13H,4,8-9,17H2,1-3H3. The van der Waals surface area contributed by atoms with Crippen LogP contribution in [0.15, 0.2) is 18.2 Å². The highest BCUT2D eigenvalue weighted by molar-refractivity contribution is 5.34. The third-order valence-electron chi connectivity index (χ3n) is 3.57. The van der Waals surface area contributed by atoms with Crippen LogP contribution in [0.1, 0.15) is 30.6 Å². The molecule has 1 unspecified atom stereocenters. The van der Waals surface area contributed by atoms with E-state index in [0.717, 1.165) is 23.6 Å². The number of hydrogen-bond acceptors (Lipinski definition) is 4. The number of ether oxygens (including phenoxy) is 1. The summed E-state index contributed by atoms with van der Waals surface area (Å²) >= 11 is 0. The smallest absolute Gasteiger partial charge is 0.170 e. The van der Waals surface area contributed by atoms with Gasteiger partial charge in [0.1, 0.15) is 24.0 Å². The first-order chi connectivity index (χ1) is 10.0. The molecule has 6 heteroatoms. The molecule has 0 aliphatic carbocycles. The largest absolute Gasteiger partial charge is 0.485 e. The molecule has 1 aromatic carbocycles. The Bertz CT molecular complexity index is 612. The molecule has 114 valence electrons. The van der Waals surface area contributed by atoms with Crippen LogP contribution in [0.4, 0.5) is 4.39 Å². The second-order valence-electron chi connectivity index (χ2n) is 5.14. The van der Waals surface area contributed by atoms with Gasteiger partial charge in [0, 0.05) is 13.1 Å². The van der Waals surface area contributed by atoms with E-state index >= 15 is 0 Å². The normalized spacial score (nSPS) is 12.4. The first-order valence-electron chi connectivity index (χ1n) is 7.03. The van der Waals surface area contributed by atoms with Gasteiger partial charge in [-0.2, -0.15) is 0 Å². The minimum atomic E-state index is -0.282. The zero-order valence-corrected chi connectivity index (χ0v) is 12.6. The van der Waals surface area contributed by atoms with Crippen LogP contribution in [0.25, 0.3) is 0 Å². The van der Waals surface area contributed by atoms with Crippen molar-refractivity contribution >= 4 is 0 Å². The molecule has 2 aromatic rings. The molecule has 5 nitrogen and oxygen atoms in total. The summed E-state index contributed by atoms with van der Waals surface area (Å²) in [6.45, 7) is 4.17. The number of benzene rings is 1. The van der Waals surface area contributed by atoms with Gasteiger partial charge in [-0.15, -0.1) is 10.2 Å². The molecule has 0 radical (unpaired) electrons. The Morgan fingerprint density at radius 1 is 1.38 bits per heavy atom. The monoisotopic (exact) mass is 292 g/mol. The number of aryl methyl sites for hydroxylation is 1.